The van der Waals surface area contributed by atoms with Gasteiger partial charge in [-0.15, -0.1) is 0 Å². The van der Waals surface area contributed by atoms with Gasteiger partial charge in [-0.25, -0.2) is 4.79 Å². The van der Waals surface area contributed by atoms with E-state index in [1.54, 1.807) is 24.3 Å². The van der Waals surface area contributed by atoms with Crippen molar-refractivity contribution < 1.29 is 14.3 Å². The molecule has 4 nitrogen and oxygen atoms in total. The minimum atomic E-state index is -1.10. The zero-order valence-corrected chi connectivity index (χ0v) is 15.2. The Kier molecular flexibility index (Phi) is 5.52. The Morgan fingerprint density at radius 1 is 1.00 bits per heavy atom. The van der Waals surface area contributed by atoms with Crippen LogP contribution in [0.15, 0.2) is 42.5 Å². The third kappa shape index (κ3) is 4.27. The van der Waals surface area contributed by atoms with Crippen LogP contribution in [0.5, 0.6) is 0 Å². The van der Waals surface area contributed by atoms with Crippen LogP contribution in [-0.4, -0.2) is 17.9 Å². The summed E-state index contributed by atoms with van der Waals surface area (Å²) in [4.78, 5) is 25.1. The highest BCUT2D eigenvalue weighted by Crippen LogP contribution is 2.33. The molecular formula is C18H14Cl3NO3. The lowest BCUT2D eigenvalue weighted by Gasteiger charge is -2.19. The predicted molar refractivity (Wildman–Crippen MR) is 97.2 cm³/mol. The molecule has 1 aliphatic carbocycles. The largest absolute Gasteiger partial charge is 0.444 e. The number of ether oxygens (including phenoxy) is 1. The Labute approximate surface area is 160 Å². The molecule has 0 saturated heterocycles. The van der Waals surface area contributed by atoms with E-state index in [1.807, 2.05) is 6.07 Å². The molecule has 3 rings (SSSR count). The van der Waals surface area contributed by atoms with Gasteiger partial charge < -0.3 is 10.1 Å². The van der Waals surface area contributed by atoms with Gasteiger partial charge in [0.05, 0.1) is 20.6 Å². The van der Waals surface area contributed by atoms with Gasteiger partial charge in [0.25, 0.3) is 5.91 Å². The van der Waals surface area contributed by atoms with Gasteiger partial charge in [-0.2, -0.15) is 0 Å². The molecule has 1 aliphatic rings. The molecule has 0 heterocycles. The van der Waals surface area contributed by atoms with E-state index in [0.717, 1.165) is 12.8 Å². The van der Waals surface area contributed by atoms with Gasteiger partial charge >= 0.3 is 5.97 Å². The lowest BCUT2D eigenvalue weighted by molar-refractivity contribution is -0.130. The lowest BCUT2D eigenvalue weighted by atomic mass is 10.1. The number of hydrogen-bond donors (Lipinski definition) is 1. The van der Waals surface area contributed by atoms with Gasteiger partial charge in [0.1, 0.15) is 0 Å². The molecule has 1 atom stereocenters. The first-order valence-corrected chi connectivity index (χ1v) is 8.80. The molecular weight excluding hydrogens is 385 g/mol. The standard InChI is InChI=1S/C18H14Cl3NO3/c19-12-8-9-13(20)15(21)14(12)18(24)25-16(10-4-2-1-3-5-10)17(23)22-11-6-7-11/h1-5,8-9,11,16H,6-7H2,(H,22,23). The molecule has 0 bridgehead atoms. The van der Waals surface area contributed by atoms with Crippen molar-refractivity contribution in [1.82, 2.24) is 5.32 Å². The van der Waals surface area contributed by atoms with Crippen molar-refractivity contribution in [1.29, 1.82) is 0 Å². The van der Waals surface area contributed by atoms with E-state index in [-0.39, 0.29) is 32.6 Å². The summed E-state index contributed by atoms with van der Waals surface area (Å²) in [6, 6.07) is 11.8. The molecule has 1 N–H and O–H groups in total. The fourth-order valence-electron chi connectivity index (χ4n) is 2.29. The summed E-state index contributed by atoms with van der Waals surface area (Å²) in [6.07, 6.45) is 0.751. The second kappa shape index (κ2) is 7.65. The third-order valence-electron chi connectivity index (χ3n) is 3.74. The topological polar surface area (TPSA) is 55.4 Å². The van der Waals surface area contributed by atoms with E-state index < -0.39 is 12.1 Å². The SMILES string of the molecule is O=C(OC(C(=O)NC1CC1)c1ccccc1)c1c(Cl)ccc(Cl)c1Cl. The minimum Gasteiger partial charge on any atom is -0.444 e. The van der Waals surface area contributed by atoms with E-state index in [0.29, 0.717) is 5.56 Å². The molecule has 2 aromatic rings. The molecule has 1 unspecified atom stereocenters. The smallest absolute Gasteiger partial charge is 0.342 e. The fourth-order valence-corrected chi connectivity index (χ4v) is 2.97. The number of carbonyl (C=O) groups excluding carboxylic acids is 2. The number of amides is 1. The zero-order valence-electron chi connectivity index (χ0n) is 13.0. The van der Waals surface area contributed by atoms with Crippen LogP contribution >= 0.6 is 34.8 Å². The highest BCUT2D eigenvalue weighted by molar-refractivity contribution is 6.46. The van der Waals surface area contributed by atoms with Crippen molar-refractivity contribution in [3.8, 4) is 0 Å². The molecule has 7 heteroatoms. The molecule has 0 aliphatic heterocycles. The minimum absolute atomic E-state index is 0.00594. The Balaban J connectivity index is 1.88. The van der Waals surface area contributed by atoms with Gasteiger partial charge in [0.2, 0.25) is 6.10 Å². The summed E-state index contributed by atoms with van der Waals surface area (Å²) < 4.78 is 5.45. The van der Waals surface area contributed by atoms with Crippen molar-refractivity contribution in [2.75, 3.05) is 0 Å². The second-order valence-corrected chi connectivity index (χ2v) is 6.89. The maximum Gasteiger partial charge on any atom is 0.342 e. The van der Waals surface area contributed by atoms with Crippen LogP contribution in [-0.2, 0) is 9.53 Å². The van der Waals surface area contributed by atoms with Gasteiger partial charge in [0.15, 0.2) is 0 Å². The highest BCUT2D eigenvalue weighted by Gasteiger charge is 2.32. The van der Waals surface area contributed by atoms with Crippen LogP contribution in [0.3, 0.4) is 0 Å². The normalized spacial score (nSPS) is 14.7. The molecule has 0 aromatic heterocycles. The third-order valence-corrected chi connectivity index (χ3v) is 4.86. The van der Waals surface area contributed by atoms with Crippen LogP contribution in [0.2, 0.25) is 15.1 Å². The quantitative estimate of drug-likeness (QED) is 0.580. The maximum atomic E-state index is 12.6. The Bertz CT molecular complexity index is 807. The number of rotatable bonds is 5. The van der Waals surface area contributed by atoms with Gasteiger partial charge in [-0.3, -0.25) is 4.79 Å². The number of carbonyl (C=O) groups is 2. The summed E-state index contributed by atoms with van der Waals surface area (Å²) >= 11 is 18.1. The Morgan fingerprint density at radius 2 is 1.64 bits per heavy atom. The average molecular weight is 399 g/mol. The molecule has 1 amide bonds. The number of nitrogens with one attached hydrogen (secondary N) is 1. The lowest BCUT2D eigenvalue weighted by Crippen LogP contribution is -2.33. The molecule has 0 radical (unpaired) electrons. The number of benzene rings is 2. The predicted octanol–water partition coefficient (Wildman–Crippen LogP) is 4.82. The molecule has 25 heavy (non-hydrogen) atoms. The van der Waals surface area contributed by atoms with E-state index in [9.17, 15) is 9.59 Å². The van der Waals surface area contributed by atoms with Crippen LogP contribution in [0.25, 0.3) is 0 Å². The molecule has 1 fully saturated rings. The van der Waals surface area contributed by atoms with Crippen molar-refractivity contribution in [3.05, 3.63) is 68.7 Å². The first kappa shape index (κ1) is 18.1. The molecule has 1 saturated carbocycles. The van der Waals surface area contributed by atoms with Gasteiger partial charge in [-0.1, -0.05) is 65.1 Å². The Morgan fingerprint density at radius 3 is 2.28 bits per heavy atom. The first-order chi connectivity index (χ1) is 12.0. The highest BCUT2D eigenvalue weighted by atomic mass is 35.5. The fraction of sp³-hybridized carbons (Fsp3) is 0.222. The molecule has 2 aromatic carbocycles. The van der Waals surface area contributed by atoms with Crippen LogP contribution in [0.4, 0.5) is 0 Å². The van der Waals surface area contributed by atoms with E-state index in [4.69, 9.17) is 39.5 Å². The van der Waals surface area contributed by atoms with E-state index >= 15 is 0 Å². The van der Waals surface area contributed by atoms with Crippen molar-refractivity contribution in [2.24, 2.45) is 0 Å². The van der Waals surface area contributed by atoms with Crippen molar-refractivity contribution in [2.45, 2.75) is 25.0 Å². The Hall–Kier alpha value is -1.75. The summed E-state index contributed by atoms with van der Waals surface area (Å²) in [5, 5.41) is 3.12. The summed E-state index contributed by atoms with van der Waals surface area (Å²) in [7, 11) is 0. The van der Waals surface area contributed by atoms with Crippen molar-refractivity contribution >= 4 is 46.7 Å². The van der Waals surface area contributed by atoms with Crippen molar-refractivity contribution in [3.63, 3.8) is 0 Å². The monoisotopic (exact) mass is 397 g/mol. The van der Waals surface area contributed by atoms with Crippen LogP contribution < -0.4 is 5.32 Å². The number of halogens is 3. The number of esters is 1. The van der Waals surface area contributed by atoms with E-state index in [2.05, 4.69) is 5.32 Å². The van der Waals surface area contributed by atoms with Gasteiger partial charge in [-0.05, 0) is 25.0 Å². The average Bonchev–Trinajstić information content (AvgIpc) is 3.41. The first-order valence-electron chi connectivity index (χ1n) is 7.67. The number of hydrogen-bond acceptors (Lipinski definition) is 3. The zero-order chi connectivity index (χ0) is 18.0. The maximum absolute atomic E-state index is 12.6. The summed E-state index contributed by atoms with van der Waals surface area (Å²) in [5.41, 5.74) is 0.499. The van der Waals surface area contributed by atoms with E-state index in [1.165, 1.54) is 12.1 Å². The molecule has 130 valence electrons. The summed E-state index contributed by atoms with van der Waals surface area (Å²) in [5.74, 6) is -1.19. The van der Waals surface area contributed by atoms with Crippen LogP contribution in [0, 0.1) is 0 Å². The van der Waals surface area contributed by atoms with Crippen LogP contribution in [0.1, 0.15) is 34.9 Å². The summed E-state index contributed by atoms with van der Waals surface area (Å²) in [6.45, 7) is 0. The molecule has 0 spiro atoms. The van der Waals surface area contributed by atoms with Gasteiger partial charge in [0, 0.05) is 11.6 Å². The second-order valence-electron chi connectivity index (χ2n) is 5.70.